The maximum Gasteiger partial charge on any atom is 0.265 e. The molecule has 0 bridgehead atoms. The zero-order valence-electron chi connectivity index (χ0n) is 8.04. The molecule has 0 radical (unpaired) electrons. The fourth-order valence-corrected chi connectivity index (χ4v) is 1.44. The highest BCUT2D eigenvalue weighted by atomic mass is 35.5. The van der Waals surface area contributed by atoms with Gasteiger partial charge in [0, 0.05) is 11.1 Å². The summed E-state index contributed by atoms with van der Waals surface area (Å²) < 4.78 is 25.2. The molecule has 0 spiro atoms. The largest absolute Gasteiger partial charge is 0.265 e. The Morgan fingerprint density at radius 1 is 1.44 bits per heavy atom. The van der Waals surface area contributed by atoms with Crippen molar-refractivity contribution in [2.75, 3.05) is 0 Å². The van der Waals surface area contributed by atoms with Gasteiger partial charge in [-0.2, -0.15) is 10.5 Å². The smallest absolute Gasteiger partial charge is 0.240 e. The van der Waals surface area contributed by atoms with E-state index in [9.17, 15) is 8.78 Å². The quantitative estimate of drug-likeness (QED) is 0.765. The van der Waals surface area contributed by atoms with Gasteiger partial charge in [0.05, 0.1) is 24.1 Å². The number of hydrogen-bond donors (Lipinski definition) is 0. The van der Waals surface area contributed by atoms with Gasteiger partial charge in [0.25, 0.3) is 6.43 Å². The van der Waals surface area contributed by atoms with Crippen LogP contribution in [0.2, 0.25) is 0 Å². The van der Waals surface area contributed by atoms with Crippen LogP contribution in [0.3, 0.4) is 0 Å². The standard InChI is InChI=1S/C10H6ClF2N3/c11-4-8-7(10(12)13)3-6(1-2-14)9(5-15)16-8/h3,10H,1,4H2. The lowest BCUT2D eigenvalue weighted by Crippen LogP contribution is -2.03. The predicted molar refractivity (Wildman–Crippen MR) is 52.8 cm³/mol. The van der Waals surface area contributed by atoms with Crippen molar-refractivity contribution in [3.8, 4) is 12.1 Å². The lowest BCUT2D eigenvalue weighted by molar-refractivity contribution is 0.150. The topological polar surface area (TPSA) is 60.5 Å². The Morgan fingerprint density at radius 3 is 2.56 bits per heavy atom. The molecule has 0 aliphatic rings. The molecule has 0 saturated heterocycles. The molecule has 0 aliphatic heterocycles. The second kappa shape index (κ2) is 5.39. The van der Waals surface area contributed by atoms with E-state index in [1.54, 1.807) is 12.1 Å². The second-order valence-corrected chi connectivity index (χ2v) is 3.18. The minimum absolute atomic E-state index is 0.0186. The molecule has 0 atom stereocenters. The highest BCUT2D eigenvalue weighted by molar-refractivity contribution is 6.17. The first-order valence-electron chi connectivity index (χ1n) is 4.27. The van der Waals surface area contributed by atoms with E-state index in [-0.39, 0.29) is 34.8 Å². The van der Waals surface area contributed by atoms with Gasteiger partial charge in [-0.3, -0.25) is 0 Å². The van der Waals surface area contributed by atoms with E-state index in [4.69, 9.17) is 22.1 Å². The minimum Gasteiger partial charge on any atom is -0.240 e. The van der Waals surface area contributed by atoms with Crippen LogP contribution in [0.25, 0.3) is 0 Å². The number of rotatable bonds is 3. The Bertz CT molecular complexity index is 474. The van der Waals surface area contributed by atoms with Crippen LogP contribution < -0.4 is 0 Å². The average Bonchev–Trinajstić information content (AvgIpc) is 2.28. The van der Waals surface area contributed by atoms with Crippen molar-refractivity contribution in [2.45, 2.75) is 18.7 Å². The first kappa shape index (κ1) is 12.4. The zero-order valence-corrected chi connectivity index (χ0v) is 8.80. The van der Waals surface area contributed by atoms with E-state index < -0.39 is 6.43 Å². The lowest BCUT2D eigenvalue weighted by Gasteiger charge is -2.08. The first-order valence-corrected chi connectivity index (χ1v) is 4.81. The number of pyridine rings is 1. The van der Waals surface area contributed by atoms with Crippen LogP contribution >= 0.6 is 11.6 Å². The Balaban J connectivity index is 3.37. The van der Waals surface area contributed by atoms with Crippen molar-refractivity contribution in [3.63, 3.8) is 0 Å². The van der Waals surface area contributed by atoms with Gasteiger partial charge in [-0.25, -0.2) is 13.8 Å². The molecule has 0 amide bonds. The predicted octanol–water partition coefficient (Wildman–Crippen LogP) is 2.70. The molecular formula is C10H6ClF2N3. The SMILES string of the molecule is N#CCc1cc(C(F)F)c(CCl)nc1C#N. The van der Waals surface area contributed by atoms with Crippen molar-refractivity contribution in [1.82, 2.24) is 4.98 Å². The van der Waals surface area contributed by atoms with Gasteiger partial charge in [-0.15, -0.1) is 11.6 Å². The first-order chi connectivity index (χ1) is 7.63. The van der Waals surface area contributed by atoms with E-state index in [0.29, 0.717) is 0 Å². The molecule has 0 aromatic carbocycles. The number of hydrogen-bond acceptors (Lipinski definition) is 3. The van der Waals surface area contributed by atoms with Crippen molar-refractivity contribution in [2.24, 2.45) is 0 Å². The number of nitriles is 2. The minimum atomic E-state index is -2.72. The summed E-state index contributed by atoms with van der Waals surface area (Å²) in [6, 6.07) is 4.67. The van der Waals surface area contributed by atoms with E-state index >= 15 is 0 Å². The van der Waals surface area contributed by atoms with Gasteiger partial charge < -0.3 is 0 Å². The third-order valence-corrected chi connectivity index (χ3v) is 2.20. The molecule has 0 fully saturated rings. The van der Waals surface area contributed by atoms with E-state index in [0.717, 1.165) is 6.07 Å². The summed E-state index contributed by atoms with van der Waals surface area (Å²) in [6.45, 7) is 0. The van der Waals surface area contributed by atoms with Crippen LogP contribution in [0.1, 0.15) is 28.9 Å². The summed E-state index contributed by atoms with van der Waals surface area (Å²) in [6.07, 6.45) is -2.84. The molecule has 1 aromatic heterocycles. The molecular weight excluding hydrogens is 236 g/mol. The monoisotopic (exact) mass is 241 g/mol. The van der Waals surface area contributed by atoms with Gasteiger partial charge in [0.1, 0.15) is 11.8 Å². The summed E-state index contributed by atoms with van der Waals surface area (Å²) in [4.78, 5) is 3.73. The van der Waals surface area contributed by atoms with Gasteiger partial charge >= 0.3 is 0 Å². The number of halogens is 3. The summed E-state index contributed by atoms with van der Waals surface area (Å²) in [5, 5.41) is 17.2. The van der Waals surface area contributed by atoms with Gasteiger partial charge in [0.2, 0.25) is 0 Å². The van der Waals surface area contributed by atoms with Crippen LogP contribution in [-0.4, -0.2) is 4.98 Å². The number of aromatic nitrogens is 1. The fraction of sp³-hybridized carbons (Fsp3) is 0.300. The Morgan fingerprint density at radius 2 is 2.12 bits per heavy atom. The number of alkyl halides is 3. The third kappa shape index (κ3) is 2.44. The highest BCUT2D eigenvalue weighted by Crippen LogP contribution is 2.25. The fourth-order valence-electron chi connectivity index (χ4n) is 1.22. The second-order valence-electron chi connectivity index (χ2n) is 2.91. The van der Waals surface area contributed by atoms with Crippen molar-refractivity contribution < 1.29 is 8.78 Å². The molecule has 0 N–H and O–H groups in total. The molecule has 1 heterocycles. The molecule has 82 valence electrons. The maximum absolute atomic E-state index is 12.6. The molecule has 1 rings (SSSR count). The zero-order chi connectivity index (χ0) is 12.1. The molecule has 6 heteroatoms. The van der Waals surface area contributed by atoms with Crippen LogP contribution in [-0.2, 0) is 12.3 Å². The third-order valence-electron chi connectivity index (χ3n) is 1.95. The van der Waals surface area contributed by atoms with E-state index in [2.05, 4.69) is 4.98 Å². The van der Waals surface area contributed by atoms with Gasteiger partial charge in [-0.05, 0) is 6.07 Å². The Labute approximate surface area is 95.9 Å². The molecule has 16 heavy (non-hydrogen) atoms. The molecule has 0 unspecified atom stereocenters. The summed E-state index contributed by atoms with van der Waals surface area (Å²) in [7, 11) is 0. The van der Waals surface area contributed by atoms with Gasteiger partial charge in [0.15, 0.2) is 0 Å². The average molecular weight is 242 g/mol. The molecule has 0 saturated carbocycles. The summed E-state index contributed by atoms with van der Waals surface area (Å²) in [5.74, 6) is -0.193. The highest BCUT2D eigenvalue weighted by Gasteiger charge is 2.17. The molecule has 1 aromatic rings. The van der Waals surface area contributed by atoms with Crippen LogP contribution in [0.4, 0.5) is 8.78 Å². The molecule has 0 aliphatic carbocycles. The van der Waals surface area contributed by atoms with E-state index in [1.165, 1.54) is 0 Å². The van der Waals surface area contributed by atoms with Crippen LogP contribution in [0.15, 0.2) is 6.07 Å². The van der Waals surface area contributed by atoms with Crippen LogP contribution in [0.5, 0.6) is 0 Å². The van der Waals surface area contributed by atoms with Crippen molar-refractivity contribution in [1.29, 1.82) is 10.5 Å². The van der Waals surface area contributed by atoms with Crippen molar-refractivity contribution >= 4 is 11.6 Å². The Hall–Kier alpha value is -1.72. The van der Waals surface area contributed by atoms with Crippen molar-refractivity contribution in [3.05, 3.63) is 28.6 Å². The Kier molecular flexibility index (Phi) is 4.16. The molecule has 3 nitrogen and oxygen atoms in total. The maximum atomic E-state index is 12.6. The van der Waals surface area contributed by atoms with Crippen LogP contribution in [0, 0.1) is 22.7 Å². The summed E-state index contributed by atoms with van der Waals surface area (Å²) in [5.41, 5.74) is -0.162. The lowest BCUT2D eigenvalue weighted by atomic mass is 10.1. The normalized spacial score (nSPS) is 9.88. The van der Waals surface area contributed by atoms with Gasteiger partial charge in [-0.1, -0.05) is 0 Å². The summed E-state index contributed by atoms with van der Waals surface area (Å²) >= 11 is 5.46. The van der Waals surface area contributed by atoms with E-state index in [1.807, 2.05) is 0 Å². The number of nitrogens with zero attached hydrogens (tertiary/aromatic N) is 3.